The van der Waals surface area contributed by atoms with E-state index in [1.54, 1.807) is 41.0 Å². The molecule has 0 amide bonds. The first-order chi connectivity index (χ1) is 9.99. The molecule has 1 heterocycles. The quantitative estimate of drug-likeness (QED) is 0.674. The minimum absolute atomic E-state index is 0.202. The molecule has 0 atom stereocenters. The summed E-state index contributed by atoms with van der Waals surface area (Å²) in [6.07, 6.45) is 0. The van der Waals surface area contributed by atoms with Gasteiger partial charge in [0.05, 0.1) is 12.1 Å². The highest BCUT2D eigenvalue weighted by molar-refractivity contribution is 5.93. The highest BCUT2D eigenvalue weighted by Crippen LogP contribution is 2.13. The zero-order valence-corrected chi connectivity index (χ0v) is 12.1. The summed E-state index contributed by atoms with van der Waals surface area (Å²) >= 11 is 0. The number of carbonyl (C=O) groups is 1. The lowest BCUT2D eigenvalue weighted by Crippen LogP contribution is -2.29. The minimum atomic E-state index is -0.275. The van der Waals surface area contributed by atoms with Gasteiger partial charge in [0.25, 0.3) is 5.56 Å². The molecule has 21 heavy (non-hydrogen) atoms. The van der Waals surface area contributed by atoms with E-state index in [4.69, 9.17) is 10.5 Å². The molecule has 1 aromatic heterocycles. The monoisotopic (exact) mass is 286 g/mol. The maximum absolute atomic E-state index is 12.2. The Morgan fingerprint density at radius 2 is 1.86 bits per heavy atom. The third-order valence-electron chi connectivity index (χ3n) is 3.24. The highest BCUT2D eigenvalue weighted by Gasteiger charge is 2.09. The van der Waals surface area contributed by atoms with Crippen LogP contribution < -0.4 is 16.0 Å². The van der Waals surface area contributed by atoms with Crippen LogP contribution in [0.1, 0.15) is 23.0 Å². The lowest BCUT2D eigenvalue weighted by Gasteiger charge is -2.12. The molecule has 0 fully saturated rings. The summed E-state index contributed by atoms with van der Waals surface area (Å²) in [5.41, 5.74) is 6.99. The Balaban J connectivity index is 2.09. The summed E-state index contributed by atoms with van der Waals surface area (Å²) in [5.74, 6) is 0.464. The number of benzene rings is 1. The van der Waals surface area contributed by atoms with E-state index in [1.807, 2.05) is 6.92 Å². The van der Waals surface area contributed by atoms with Crippen LogP contribution in [-0.2, 0) is 6.54 Å². The maximum Gasteiger partial charge on any atom is 0.261 e. The van der Waals surface area contributed by atoms with Crippen LogP contribution in [0, 0.1) is 6.92 Å². The van der Waals surface area contributed by atoms with Crippen molar-refractivity contribution < 1.29 is 9.53 Å². The number of hydrogen-bond acceptors (Lipinski definition) is 4. The zero-order chi connectivity index (χ0) is 15.4. The summed E-state index contributed by atoms with van der Waals surface area (Å²) in [6, 6.07) is 10.4. The fourth-order valence-corrected chi connectivity index (χ4v) is 2.04. The summed E-state index contributed by atoms with van der Waals surface area (Å²) < 4.78 is 7.12. The van der Waals surface area contributed by atoms with Gasteiger partial charge in [-0.05, 0) is 50.2 Å². The number of Topliss-reactive ketones (excluding diaryl/α,β-unsaturated/α-hetero) is 1. The Labute approximate surface area is 123 Å². The number of aromatic nitrogens is 1. The number of ketones is 1. The standard InChI is InChI=1S/C16H18N2O3/c1-11-3-8-15(12(2)19)16(20)18(11)9-10-21-14-6-4-13(17)5-7-14/h3-8H,9-10,17H2,1-2H3. The first-order valence-electron chi connectivity index (χ1n) is 6.69. The van der Waals surface area contributed by atoms with E-state index in [0.29, 0.717) is 24.6 Å². The number of rotatable bonds is 5. The number of hydrogen-bond donors (Lipinski definition) is 1. The second-order valence-electron chi connectivity index (χ2n) is 4.82. The van der Waals surface area contributed by atoms with Gasteiger partial charge in [-0.2, -0.15) is 0 Å². The van der Waals surface area contributed by atoms with E-state index in [9.17, 15) is 9.59 Å². The van der Waals surface area contributed by atoms with Crippen molar-refractivity contribution in [2.24, 2.45) is 0 Å². The molecule has 2 N–H and O–H groups in total. The van der Waals surface area contributed by atoms with Crippen LogP contribution in [0.4, 0.5) is 5.69 Å². The first-order valence-corrected chi connectivity index (χ1v) is 6.69. The van der Waals surface area contributed by atoms with Crippen molar-refractivity contribution in [3.05, 3.63) is 58.0 Å². The summed E-state index contributed by atoms with van der Waals surface area (Å²) in [5, 5.41) is 0. The lowest BCUT2D eigenvalue weighted by atomic mass is 10.2. The predicted molar refractivity (Wildman–Crippen MR) is 81.8 cm³/mol. The van der Waals surface area contributed by atoms with E-state index < -0.39 is 0 Å². The number of aryl methyl sites for hydroxylation is 1. The van der Waals surface area contributed by atoms with Gasteiger partial charge < -0.3 is 15.0 Å². The molecule has 5 nitrogen and oxygen atoms in total. The molecule has 0 spiro atoms. The van der Waals surface area contributed by atoms with Crippen LogP contribution in [0.3, 0.4) is 0 Å². The molecule has 0 aliphatic heterocycles. The number of ether oxygens (including phenoxy) is 1. The van der Waals surface area contributed by atoms with E-state index in [2.05, 4.69) is 0 Å². The van der Waals surface area contributed by atoms with Crippen LogP contribution in [0.5, 0.6) is 5.75 Å². The van der Waals surface area contributed by atoms with Crippen molar-refractivity contribution in [3.8, 4) is 5.75 Å². The SMILES string of the molecule is CC(=O)c1ccc(C)n(CCOc2ccc(N)cc2)c1=O. The molecular formula is C16H18N2O3. The molecule has 1 aromatic carbocycles. The molecular weight excluding hydrogens is 268 g/mol. The summed E-state index contributed by atoms with van der Waals surface area (Å²) in [4.78, 5) is 23.6. The Hall–Kier alpha value is -2.56. The third-order valence-corrected chi connectivity index (χ3v) is 3.24. The van der Waals surface area contributed by atoms with Gasteiger partial charge in [-0.3, -0.25) is 9.59 Å². The van der Waals surface area contributed by atoms with Gasteiger partial charge in [0.2, 0.25) is 0 Å². The number of nitrogen functional groups attached to an aromatic ring is 1. The zero-order valence-electron chi connectivity index (χ0n) is 12.1. The second kappa shape index (κ2) is 6.26. The van der Waals surface area contributed by atoms with E-state index in [-0.39, 0.29) is 16.9 Å². The van der Waals surface area contributed by atoms with Gasteiger partial charge in [-0.15, -0.1) is 0 Å². The average Bonchev–Trinajstić information content (AvgIpc) is 2.44. The van der Waals surface area contributed by atoms with Gasteiger partial charge >= 0.3 is 0 Å². The molecule has 0 aliphatic carbocycles. The van der Waals surface area contributed by atoms with Crippen molar-refractivity contribution in [3.63, 3.8) is 0 Å². The summed E-state index contributed by atoms with van der Waals surface area (Å²) in [6.45, 7) is 3.94. The molecule has 0 unspecified atom stereocenters. The normalized spacial score (nSPS) is 10.4. The second-order valence-corrected chi connectivity index (χ2v) is 4.82. The van der Waals surface area contributed by atoms with Gasteiger partial charge in [-0.25, -0.2) is 0 Å². The fraction of sp³-hybridized carbons (Fsp3) is 0.250. The molecule has 0 radical (unpaired) electrons. The van der Waals surface area contributed by atoms with Crippen LogP contribution in [-0.4, -0.2) is 17.0 Å². The lowest BCUT2D eigenvalue weighted by molar-refractivity contribution is 0.101. The molecule has 0 saturated heterocycles. The number of nitrogens with zero attached hydrogens (tertiary/aromatic N) is 1. The largest absolute Gasteiger partial charge is 0.492 e. The number of pyridine rings is 1. The van der Waals surface area contributed by atoms with Gasteiger partial charge in [0.1, 0.15) is 12.4 Å². The Bertz CT molecular complexity index is 702. The minimum Gasteiger partial charge on any atom is -0.492 e. The van der Waals surface area contributed by atoms with Crippen molar-refractivity contribution in [2.45, 2.75) is 20.4 Å². The highest BCUT2D eigenvalue weighted by atomic mass is 16.5. The summed E-state index contributed by atoms with van der Waals surface area (Å²) in [7, 11) is 0. The molecule has 110 valence electrons. The molecule has 5 heteroatoms. The molecule has 2 rings (SSSR count). The van der Waals surface area contributed by atoms with Crippen LogP contribution in [0.2, 0.25) is 0 Å². The fourth-order valence-electron chi connectivity index (χ4n) is 2.04. The van der Waals surface area contributed by atoms with Crippen molar-refractivity contribution in [1.29, 1.82) is 0 Å². The van der Waals surface area contributed by atoms with E-state index in [1.165, 1.54) is 6.92 Å². The first kappa shape index (κ1) is 14.8. The Morgan fingerprint density at radius 1 is 1.19 bits per heavy atom. The van der Waals surface area contributed by atoms with Crippen molar-refractivity contribution >= 4 is 11.5 Å². The van der Waals surface area contributed by atoms with Crippen molar-refractivity contribution in [1.82, 2.24) is 4.57 Å². The Kier molecular flexibility index (Phi) is 4.42. The predicted octanol–water partition coefficient (Wildman–Crippen LogP) is 2.02. The van der Waals surface area contributed by atoms with Crippen molar-refractivity contribution in [2.75, 3.05) is 12.3 Å². The molecule has 0 aliphatic rings. The van der Waals surface area contributed by atoms with Gasteiger partial charge in [0, 0.05) is 11.4 Å². The third kappa shape index (κ3) is 3.51. The maximum atomic E-state index is 12.2. The molecule has 2 aromatic rings. The number of anilines is 1. The van der Waals surface area contributed by atoms with Crippen LogP contribution in [0.15, 0.2) is 41.2 Å². The van der Waals surface area contributed by atoms with Crippen LogP contribution >= 0.6 is 0 Å². The molecule has 0 bridgehead atoms. The number of nitrogens with two attached hydrogens (primary N) is 1. The van der Waals surface area contributed by atoms with Crippen LogP contribution in [0.25, 0.3) is 0 Å². The number of carbonyl (C=O) groups excluding carboxylic acids is 1. The topological polar surface area (TPSA) is 74.3 Å². The van der Waals surface area contributed by atoms with Gasteiger partial charge in [-0.1, -0.05) is 0 Å². The smallest absolute Gasteiger partial charge is 0.261 e. The molecule has 0 saturated carbocycles. The van der Waals surface area contributed by atoms with Gasteiger partial charge in [0.15, 0.2) is 5.78 Å². The Morgan fingerprint density at radius 3 is 2.48 bits per heavy atom. The average molecular weight is 286 g/mol. The van der Waals surface area contributed by atoms with E-state index >= 15 is 0 Å². The van der Waals surface area contributed by atoms with E-state index in [0.717, 1.165) is 5.69 Å².